The van der Waals surface area contributed by atoms with Crippen LogP contribution in [0.5, 0.6) is 0 Å². The van der Waals surface area contributed by atoms with Crippen molar-refractivity contribution in [2.75, 3.05) is 0 Å². The fourth-order valence-corrected chi connectivity index (χ4v) is 2.51. The van der Waals surface area contributed by atoms with E-state index in [1.807, 2.05) is 19.1 Å². The Bertz CT molecular complexity index is 500. The van der Waals surface area contributed by atoms with Crippen LogP contribution in [-0.4, -0.2) is 4.98 Å². The van der Waals surface area contributed by atoms with Crippen molar-refractivity contribution in [2.45, 2.75) is 22.8 Å². The molecule has 0 aliphatic carbocycles. The summed E-state index contributed by atoms with van der Waals surface area (Å²) in [4.78, 5) is 6.00. The lowest BCUT2D eigenvalue weighted by Gasteiger charge is -2.12. The molecule has 2 N–H and O–H groups in total. The molecular formula is C13H13FN2S. The number of aromatic nitrogens is 1. The van der Waals surface area contributed by atoms with E-state index in [9.17, 15) is 4.39 Å². The van der Waals surface area contributed by atoms with E-state index in [2.05, 4.69) is 4.98 Å². The van der Waals surface area contributed by atoms with E-state index < -0.39 is 0 Å². The number of hydrogen-bond donors (Lipinski definition) is 1. The van der Waals surface area contributed by atoms with Gasteiger partial charge in [-0.25, -0.2) is 4.39 Å². The molecule has 0 spiro atoms. The van der Waals surface area contributed by atoms with Crippen molar-refractivity contribution >= 4 is 11.8 Å². The summed E-state index contributed by atoms with van der Waals surface area (Å²) in [6.07, 6.45) is 3.47. The number of benzene rings is 1. The molecule has 88 valence electrons. The maximum atomic E-state index is 13.2. The smallest absolute Gasteiger partial charge is 0.123 e. The number of pyridine rings is 1. The van der Waals surface area contributed by atoms with Crippen molar-refractivity contribution in [1.29, 1.82) is 0 Å². The van der Waals surface area contributed by atoms with Gasteiger partial charge in [0, 0.05) is 28.2 Å². The maximum absolute atomic E-state index is 13.2. The third kappa shape index (κ3) is 3.05. The van der Waals surface area contributed by atoms with Gasteiger partial charge in [0.1, 0.15) is 5.82 Å². The SMILES string of the molecule is C[C@H](N)c1cc(F)ccc1Sc1ccncc1. The molecule has 1 atom stereocenters. The van der Waals surface area contributed by atoms with Crippen LogP contribution < -0.4 is 5.73 Å². The second-order valence-corrected chi connectivity index (χ2v) is 4.87. The predicted octanol–water partition coefficient (Wildman–Crippen LogP) is 3.39. The van der Waals surface area contributed by atoms with Gasteiger partial charge in [0.05, 0.1) is 0 Å². The molecule has 0 saturated heterocycles. The summed E-state index contributed by atoms with van der Waals surface area (Å²) in [5.41, 5.74) is 6.67. The molecule has 2 rings (SSSR count). The highest BCUT2D eigenvalue weighted by Crippen LogP contribution is 2.32. The molecule has 0 aliphatic rings. The zero-order valence-corrected chi connectivity index (χ0v) is 10.2. The van der Waals surface area contributed by atoms with E-state index in [-0.39, 0.29) is 11.9 Å². The van der Waals surface area contributed by atoms with Gasteiger partial charge in [-0.2, -0.15) is 0 Å². The Morgan fingerprint density at radius 2 is 1.94 bits per heavy atom. The van der Waals surface area contributed by atoms with Crippen LogP contribution in [-0.2, 0) is 0 Å². The summed E-state index contributed by atoms with van der Waals surface area (Å²) in [5.74, 6) is -0.253. The highest BCUT2D eigenvalue weighted by Gasteiger charge is 2.09. The fraction of sp³-hybridized carbons (Fsp3) is 0.154. The molecule has 0 amide bonds. The first-order valence-corrected chi connectivity index (χ1v) is 6.11. The van der Waals surface area contributed by atoms with E-state index in [0.29, 0.717) is 0 Å². The first-order valence-electron chi connectivity index (χ1n) is 5.30. The van der Waals surface area contributed by atoms with Crippen LogP contribution in [0, 0.1) is 5.82 Å². The molecule has 1 aromatic heterocycles. The van der Waals surface area contributed by atoms with Crippen molar-refractivity contribution in [3.8, 4) is 0 Å². The molecule has 1 heterocycles. The molecule has 1 aromatic carbocycles. The van der Waals surface area contributed by atoms with Crippen LogP contribution in [0.4, 0.5) is 4.39 Å². The van der Waals surface area contributed by atoms with Crippen molar-refractivity contribution in [2.24, 2.45) is 5.73 Å². The molecule has 0 fully saturated rings. The molecule has 0 saturated carbocycles. The lowest BCUT2D eigenvalue weighted by Crippen LogP contribution is -2.06. The standard InChI is InChI=1S/C13H13FN2S/c1-9(15)12-8-10(14)2-3-13(12)17-11-4-6-16-7-5-11/h2-9H,15H2,1H3/t9-/m0/s1. The van der Waals surface area contributed by atoms with Gasteiger partial charge in [0.15, 0.2) is 0 Å². The van der Waals surface area contributed by atoms with E-state index in [1.54, 1.807) is 30.2 Å². The Morgan fingerprint density at radius 1 is 1.24 bits per heavy atom. The lowest BCUT2D eigenvalue weighted by atomic mass is 10.1. The molecule has 0 unspecified atom stereocenters. The van der Waals surface area contributed by atoms with Crippen molar-refractivity contribution in [1.82, 2.24) is 4.98 Å². The minimum absolute atomic E-state index is 0.185. The first-order chi connectivity index (χ1) is 8.16. The van der Waals surface area contributed by atoms with Gasteiger partial charge in [-0.3, -0.25) is 4.98 Å². The minimum Gasteiger partial charge on any atom is -0.324 e. The molecular weight excluding hydrogens is 235 g/mol. The maximum Gasteiger partial charge on any atom is 0.123 e. The van der Waals surface area contributed by atoms with Gasteiger partial charge in [-0.1, -0.05) is 11.8 Å². The zero-order valence-electron chi connectivity index (χ0n) is 9.43. The van der Waals surface area contributed by atoms with Crippen LogP contribution in [0.1, 0.15) is 18.5 Å². The molecule has 0 bridgehead atoms. The zero-order chi connectivity index (χ0) is 12.3. The molecule has 2 nitrogen and oxygen atoms in total. The Hall–Kier alpha value is -1.39. The highest BCUT2D eigenvalue weighted by atomic mass is 32.2. The number of hydrogen-bond acceptors (Lipinski definition) is 3. The normalized spacial score (nSPS) is 12.4. The van der Waals surface area contributed by atoms with Crippen LogP contribution >= 0.6 is 11.8 Å². The Morgan fingerprint density at radius 3 is 2.59 bits per heavy atom. The van der Waals surface area contributed by atoms with Crippen molar-refractivity contribution in [3.05, 3.63) is 54.1 Å². The molecule has 0 aliphatic heterocycles. The van der Waals surface area contributed by atoms with Gasteiger partial charge >= 0.3 is 0 Å². The second-order valence-electron chi connectivity index (χ2n) is 3.76. The summed E-state index contributed by atoms with van der Waals surface area (Å²) >= 11 is 1.56. The summed E-state index contributed by atoms with van der Waals surface area (Å²) in [6.45, 7) is 1.85. The Balaban J connectivity index is 2.33. The lowest BCUT2D eigenvalue weighted by molar-refractivity contribution is 0.619. The molecule has 4 heteroatoms. The second kappa shape index (κ2) is 5.29. The molecule has 2 aromatic rings. The summed E-state index contributed by atoms with van der Waals surface area (Å²) in [5, 5.41) is 0. The molecule has 17 heavy (non-hydrogen) atoms. The summed E-state index contributed by atoms with van der Waals surface area (Å²) in [7, 11) is 0. The van der Waals surface area contributed by atoms with Gasteiger partial charge in [0.25, 0.3) is 0 Å². The third-order valence-corrected chi connectivity index (χ3v) is 3.44. The van der Waals surface area contributed by atoms with Crippen LogP contribution in [0.2, 0.25) is 0 Å². The van der Waals surface area contributed by atoms with Gasteiger partial charge < -0.3 is 5.73 Å². The number of nitrogens with zero attached hydrogens (tertiary/aromatic N) is 1. The number of nitrogens with two attached hydrogens (primary N) is 1. The minimum atomic E-state index is -0.253. The van der Waals surface area contributed by atoms with E-state index in [4.69, 9.17) is 5.73 Å². The Labute approximate surface area is 104 Å². The first kappa shape index (κ1) is 12.1. The van der Waals surface area contributed by atoms with Crippen molar-refractivity contribution in [3.63, 3.8) is 0 Å². The third-order valence-electron chi connectivity index (χ3n) is 2.34. The summed E-state index contributed by atoms with van der Waals surface area (Å²) in [6, 6.07) is 8.36. The molecule has 0 radical (unpaired) electrons. The monoisotopic (exact) mass is 248 g/mol. The number of halogens is 1. The Kier molecular flexibility index (Phi) is 3.76. The largest absolute Gasteiger partial charge is 0.324 e. The van der Waals surface area contributed by atoms with Crippen LogP contribution in [0.25, 0.3) is 0 Å². The highest BCUT2D eigenvalue weighted by molar-refractivity contribution is 7.99. The van der Waals surface area contributed by atoms with E-state index >= 15 is 0 Å². The van der Waals surface area contributed by atoms with Gasteiger partial charge in [-0.05, 0) is 42.8 Å². The van der Waals surface area contributed by atoms with E-state index in [1.165, 1.54) is 12.1 Å². The number of rotatable bonds is 3. The van der Waals surface area contributed by atoms with E-state index in [0.717, 1.165) is 15.4 Å². The van der Waals surface area contributed by atoms with Crippen molar-refractivity contribution < 1.29 is 4.39 Å². The average Bonchev–Trinajstić information content (AvgIpc) is 2.32. The van der Waals surface area contributed by atoms with Gasteiger partial charge in [0.2, 0.25) is 0 Å². The predicted molar refractivity (Wildman–Crippen MR) is 67.4 cm³/mol. The van der Waals surface area contributed by atoms with Crippen LogP contribution in [0.15, 0.2) is 52.5 Å². The summed E-state index contributed by atoms with van der Waals surface area (Å²) < 4.78 is 13.2. The fourth-order valence-electron chi connectivity index (χ4n) is 1.50. The van der Waals surface area contributed by atoms with Crippen LogP contribution in [0.3, 0.4) is 0 Å². The van der Waals surface area contributed by atoms with Gasteiger partial charge in [-0.15, -0.1) is 0 Å². The average molecular weight is 248 g/mol. The topological polar surface area (TPSA) is 38.9 Å². The quantitative estimate of drug-likeness (QED) is 0.905.